The summed E-state index contributed by atoms with van der Waals surface area (Å²) in [4.78, 5) is 13.0. The van der Waals surface area contributed by atoms with Crippen LogP contribution in [0.1, 0.15) is 0 Å². The van der Waals surface area contributed by atoms with Crippen LogP contribution >= 0.6 is 0 Å². The number of benzene rings is 1. The average Bonchev–Trinajstić information content (AvgIpc) is 2.46. The molecular formula is C12H11F4NO3. The zero-order valence-electron chi connectivity index (χ0n) is 10.3. The van der Waals surface area contributed by atoms with Gasteiger partial charge in [0, 0.05) is 19.2 Å². The predicted molar refractivity (Wildman–Crippen MR) is 59.2 cm³/mol. The molecule has 1 aromatic carbocycles. The number of ether oxygens (including phenoxy) is 2. The van der Waals surface area contributed by atoms with Crippen LogP contribution in [-0.4, -0.2) is 43.7 Å². The molecule has 1 saturated heterocycles. The van der Waals surface area contributed by atoms with E-state index in [2.05, 4.69) is 4.74 Å². The first-order valence-corrected chi connectivity index (χ1v) is 5.82. The van der Waals surface area contributed by atoms with E-state index in [1.807, 2.05) is 0 Å². The van der Waals surface area contributed by atoms with E-state index >= 15 is 0 Å². The van der Waals surface area contributed by atoms with Gasteiger partial charge in [-0.2, -0.15) is 8.78 Å². The van der Waals surface area contributed by atoms with Crippen molar-refractivity contribution in [3.8, 4) is 5.75 Å². The molecule has 0 unspecified atom stereocenters. The minimum Gasteiger partial charge on any atom is -0.477 e. The van der Waals surface area contributed by atoms with E-state index in [1.165, 1.54) is 4.90 Å². The van der Waals surface area contributed by atoms with Crippen molar-refractivity contribution in [3.63, 3.8) is 0 Å². The first kappa shape index (κ1) is 14.6. The number of halogens is 4. The fourth-order valence-corrected chi connectivity index (χ4v) is 1.72. The standard InChI is InChI=1S/C12H11F4NO3/c13-7-5-8(14)11(16)12(10(7)15)20-6-9(18)17-1-3-19-4-2-17/h5H,1-4,6H2. The van der Waals surface area contributed by atoms with Gasteiger partial charge in [-0.05, 0) is 0 Å². The molecule has 1 amide bonds. The van der Waals surface area contributed by atoms with Crippen molar-refractivity contribution in [2.45, 2.75) is 0 Å². The normalized spacial score (nSPS) is 15.3. The Kier molecular flexibility index (Phi) is 4.43. The Morgan fingerprint density at radius 2 is 1.70 bits per heavy atom. The largest absolute Gasteiger partial charge is 0.477 e. The Labute approximate surface area is 111 Å². The fraction of sp³-hybridized carbons (Fsp3) is 0.417. The fourth-order valence-electron chi connectivity index (χ4n) is 1.72. The second-order valence-corrected chi connectivity index (χ2v) is 4.08. The number of carbonyl (C=O) groups excluding carboxylic acids is 1. The lowest BCUT2D eigenvalue weighted by Crippen LogP contribution is -2.43. The van der Waals surface area contributed by atoms with Crippen molar-refractivity contribution in [2.75, 3.05) is 32.9 Å². The van der Waals surface area contributed by atoms with Crippen molar-refractivity contribution >= 4 is 5.91 Å². The lowest BCUT2D eigenvalue weighted by molar-refractivity contribution is -0.137. The summed E-state index contributed by atoms with van der Waals surface area (Å²) in [6, 6.07) is 0.0708. The zero-order chi connectivity index (χ0) is 14.7. The number of carbonyl (C=O) groups is 1. The molecule has 20 heavy (non-hydrogen) atoms. The highest BCUT2D eigenvalue weighted by molar-refractivity contribution is 5.77. The predicted octanol–water partition coefficient (Wildman–Crippen LogP) is 1.48. The maximum absolute atomic E-state index is 13.3. The first-order chi connectivity index (χ1) is 9.50. The third kappa shape index (κ3) is 3.01. The van der Waals surface area contributed by atoms with Crippen molar-refractivity contribution in [1.82, 2.24) is 4.90 Å². The molecule has 0 spiro atoms. The molecule has 1 heterocycles. The van der Waals surface area contributed by atoms with Crippen molar-refractivity contribution in [1.29, 1.82) is 0 Å². The molecule has 8 heteroatoms. The number of hydrogen-bond donors (Lipinski definition) is 0. The quantitative estimate of drug-likeness (QED) is 0.626. The molecule has 4 nitrogen and oxygen atoms in total. The summed E-state index contributed by atoms with van der Waals surface area (Å²) in [7, 11) is 0. The smallest absolute Gasteiger partial charge is 0.260 e. The van der Waals surface area contributed by atoms with Crippen LogP contribution in [0.25, 0.3) is 0 Å². The van der Waals surface area contributed by atoms with E-state index in [9.17, 15) is 22.4 Å². The molecule has 2 rings (SSSR count). The molecule has 0 atom stereocenters. The van der Waals surface area contributed by atoms with E-state index in [0.717, 1.165) is 0 Å². The summed E-state index contributed by atoms with van der Waals surface area (Å²) in [5.74, 6) is -8.28. The molecule has 0 aromatic heterocycles. The first-order valence-electron chi connectivity index (χ1n) is 5.82. The van der Waals surface area contributed by atoms with E-state index in [0.29, 0.717) is 26.3 Å². The second kappa shape index (κ2) is 6.08. The van der Waals surface area contributed by atoms with Gasteiger partial charge in [-0.15, -0.1) is 0 Å². The molecule has 1 aliphatic rings. The number of hydrogen-bond acceptors (Lipinski definition) is 3. The number of amides is 1. The number of rotatable bonds is 3. The summed E-state index contributed by atoms with van der Waals surface area (Å²) in [5, 5.41) is 0. The summed E-state index contributed by atoms with van der Waals surface area (Å²) in [6.45, 7) is 0.637. The van der Waals surface area contributed by atoms with Gasteiger partial charge in [0.05, 0.1) is 13.2 Å². The third-order valence-electron chi connectivity index (χ3n) is 2.78. The van der Waals surface area contributed by atoms with Crippen LogP contribution in [-0.2, 0) is 9.53 Å². The molecule has 110 valence electrons. The van der Waals surface area contributed by atoms with Crippen LogP contribution in [0.5, 0.6) is 5.75 Å². The summed E-state index contributed by atoms with van der Waals surface area (Å²) < 4.78 is 62.0. The number of morpholine rings is 1. The Morgan fingerprint density at radius 1 is 1.15 bits per heavy atom. The summed E-state index contributed by atoms with van der Waals surface area (Å²) >= 11 is 0. The SMILES string of the molecule is O=C(COc1c(F)c(F)cc(F)c1F)N1CCOCC1. The van der Waals surface area contributed by atoms with E-state index in [-0.39, 0.29) is 6.07 Å². The Hall–Kier alpha value is -1.83. The molecular weight excluding hydrogens is 282 g/mol. The topological polar surface area (TPSA) is 38.8 Å². The van der Waals surface area contributed by atoms with E-state index in [1.54, 1.807) is 0 Å². The highest BCUT2D eigenvalue weighted by atomic mass is 19.2. The van der Waals surface area contributed by atoms with Crippen LogP contribution in [0, 0.1) is 23.3 Å². The van der Waals surface area contributed by atoms with Gasteiger partial charge in [0.15, 0.2) is 24.0 Å². The molecule has 0 saturated carbocycles. The molecule has 1 aliphatic heterocycles. The molecule has 0 bridgehead atoms. The monoisotopic (exact) mass is 293 g/mol. The second-order valence-electron chi connectivity index (χ2n) is 4.08. The van der Waals surface area contributed by atoms with Crippen molar-refractivity contribution in [2.24, 2.45) is 0 Å². The van der Waals surface area contributed by atoms with Crippen LogP contribution < -0.4 is 4.74 Å². The highest BCUT2D eigenvalue weighted by Crippen LogP contribution is 2.26. The van der Waals surface area contributed by atoms with Gasteiger partial charge < -0.3 is 14.4 Å². The van der Waals surface area contributed by atoms with Gasteiger partial charge in [-0.3, -0.25) is 4.79 Å². The number of nitrogens with zero attached hydrogens (tertiary/aromatic N) is 1. The van der Waals surface area contributed by atoms with Gasteiger partial charge in [-0.1, -0.05) is 0 Å². The van der Waals surface area contributed by atoms with Gasteiger partial charge in [0.2, 0.25) is 11.6 Å². The Balaban J connectivity index is 2.05. The lowest BCUT2D eigenvalue weighted by Gasteiger charge is -2.26. The van der Waals surface area contributed by atoms with E-state index in [4.69, 9.17) is 4.74 Å². The molecule has 1 aromatic rings. The maximum Gasteiger partial charge on any atom is 0.260 e. The van der Waals surface area contributed by atoms with E-state index < -0.39 is 41.5 Å². The van der Waals surface area contributed by atoms with Crippen LogP contribution in [0.2, 0.25) is 0 Å². The van der Waals surface area contributed by atoms with Crippen LogP contribution in [0.3, 0.4) is 0 Å². The minimum atomic E-state index is -1.67. The lowest BCUT2D eigenvalue weighted by atomic mass is 10.3. The molecule has 0 aliphatic carbocycles. The molecule has 0 radical (unpaired) electrons. The third-order valence-corrected chi connectivity index (χ3v) is 2.78. The maximum atomic E-state index is 13.3. The summed E-state index contributed by atoms with van der Waals surface area (Å²) in [6.07, 6.45) is 0. The zero-order valence-corrected chi connectivity index (χ0v) is 10.3. The van der Waals surface area contributed by atoms with Crippen LogP contribution in [0.15, 0.2) is 6.07 Å². The van der Waals surface area contributed by atoms with Crippen LogP contribution in [0.4, 0.5) is 17.6 Å². The summed E-state index contributed by atoms with van der Waals surface area (Å²) in [5.41, 5.74) is 0. The van der Waals surface area contributed by atoms with Gasteiger partial charge in [0.25, 0.3) is 5.91 Å². The Morgan fingerprint density at radius 3 is 2.25 bits per heavy atom. The average molecular weight is 293 g/mol. The highest BCUT2D eigenvalue weighted by Gasteiger charge is 2.23. The van der Waals surface area contributed by atoms with Crippen molar-refractivity contribution in [3.05, 3.63) is 29.3 Å². The van der Waals surface area contributed by atoms with Crippen molar-refractivity contribution < 1.29 is 31.8 Å². The molecule has 1 fully saturated rings. The minimum absolute atomic E-state index is 0.0708. The Bertz CT molecular complexity index is 492. The van der Waals surface area contributed by atoms with Gasteiger partial charge in [0.1, 0.15) is 0 Å². The molecule has 0 N–H and O–H groups in total. The van der Waals surface area contributed by atoms with Gasteiger partial charge >= 0.3 is 0 Å². The van der Waals surface area contributed by atoms with Gasteiger partial charge in [-0.25, -0.2) is 8.78 Å².